The van der Waals surface area contributed by atoms with Crippen LogP contribution in [0.5, 0.6) is 0 Å². The molecule has 0 unspecified atom stereocenters. The van der Waals surface area contributed by atoms with E-state index in [1.807, 2.05) is 12.2 Å². The van der Waals surface area contributed by atoms with Crippen molar-refractivity contribution in [2.45, 2.75) is 84.0 Å². The van der Waals surface area contributed by atoms with Gasteiger partial charge in [0.15, 0.2) is 0 Å². The van der Waals surface area contributed by atoms with Gasteiger partial charge in [-0.1, -0.05) is 88.3 Å². The summed E-state index contributed by atoms with van der Waals surface area (Å²) in [6.45, 7) is 2.59. The Morgan fingerprint density at radius 1 is 0.800 bits per heavy atom. The van der Waals surface area contributed by atoms with E-state index in [1.165, 1.54) is 57.8 Å². The van der Waals surface area contributed by atoms with Crippen LogP contribution < -0.4 is 5.32 Å². The molecule has 144 valence electrons. The van der Waals surface area contributed by atoms with Gasteiger partial charge in [0.2, 0.25) is 5.91 Å². The van der Waals surface area contributed by atoms with Crippen LogP contribution in [0, 0.1) is 0 Å². The Kier molecular flexibility index (Phi) is 19.6. The molecule has 0 aromatic carbocycles. The van der Waals surface area contributed by atoms with Crippen molar-refractivity contribution in [3.8, 4) is 0 Å². The second-order valence-electron chi connectivity index (χ2n) is 6.43. The zero-order valence-corrected chi connectivity index (χ0v) is 16.2. The van der Waals surface area contributed by atoms with Crippen LogP contribution in [0.25, 0.3) is 0 Å². The second-order valence-corrected chi connectivity index (χ2v) is 6.43. The predicted molar refractivity (Wildman–Crippen MR) is 109 cm³/mol. The van der Waals surface area contributed by atoms with Crippen LogP contribution in [0.4, 0.5) is 0 Å². The van der Waals surface area contributed by atoms with Gasteiger partial charge >= 0.3 is 0 Å². The average Bonchev–Trinajstić information content (AvgIpc) is 2.62. The molecule has 3 heteroatoms. The number of unbranched alkanes of at least 4 members (excludes halogenated alkanes) is 8. The van der Waals surface area contributed by atoms with E-state index in [-0.39, 0.29) is 12.5 Å². The normalized spacial score (nSPS) is 11.9. The third kappa shape index (κ3) is 20.6. The number of aliphatic hydroxyl groups excluding tert-OH is 1. The molecule has 25 heavy (non-hydrogen) atoms. The molecule has 0 bridgehead atoms. The van der Waals surface area contributed by atoms with Crippen LogP contribution >= 0.6 is 0 Å². The largest absolute Gasteiger partial charge is 0.395 e. The highest BCUT2D eigenvalue weighted by Crippen LogP contribution is 2.09. The topological polar surface area (TPSA) is 49.3 Å². The van der Waals surface area contributed by atoms with Gasteiger partial charge in [-0.3, -0.25) is 4.79 Å². The Morgan fingerprint density at radius 2 is 1.36 bits per heavy atom. The molecule has 0 saturated carbocycles. The molecule has 0 heterocycles. The molecule has 0 aromatic rings. The first kappa shape index (κ1) is 23.6. The molecular formula is C22H39NO2. The number of aliphatic hydroxyl groups is 1. The maximum absolute atomic E-state index is 11.3. The van der Waals surface area contributed by atoms with Crippen LogP contribution in [0.2, 0.25) is 0 Å². The molecule has 0 fully saturated rings. The number of carbonyl (C=O) groups excluding carboxylic acids is 1. The molecule has 0 radical (unpaired) electrons. The second kappa shape index (κ2) is 20.7. The first-order valence-electron chi connectivity index (χ1n) is 10.1. The van der Waals surface area contributed by atoms with E-state index < -0.39 is 0 Å². The van der Waals surface area contributed by atoms with Gasteiger partial charge in [-0.15, -0.1) is 0 Å². The number of allylic oxidation sites excluding steroid dienone is 5. The molecule has 0 rings (SSSR count). The predicted octanol–water partition coefficient (Wildman–Crippen LogP) is 5.46. The summed E-state index contributed by atoms with van der Waals surface area (Å²) in [6.07, 6.45) is 27.2. The van der Waals surface area contributed by atoms with Gasteiger partial charge in [0.1, 0.15) is 0 Å². The quantitative estimate of drug-likeness (QED) is 0.270. The molecule has 2 N–H and O–H groups in total. The van der Waals surface area contributed by atoms with E-state index in [2.05, 4.69) is 36.5 Å². The fraction of sp³-hybridized carbons (Fsp3) is 0.682. The number of nitrogens with one attached hydrogen (secondary N) is 1. The monoisotopic (exact) mass is 349 g/mol. The molecule has 0 saturated heterocycles. The summed E-state index contributed by atoms with van der Waals surface area (Å²) in [5.74, 6) is -0.0434. The van der Waals surface area contributed by atoms with Crippen molar-refractivity contribution in [3.05, 3.63) is 36.5 Å². The van der Waals surface area contributed by atoms with Crippen LogP contribution in [0.3, 0.4) is 0 Å². The minimum absolute atomic E-state index is 0.00917. The Bertz CT molecular complexity index is 372. The summed E-state index contributed by atoms with van der Waals surface area (Å²) in [6, 6.07) is 0. The Balaban J connectivity index is 3.35. The van der Waals surface area contributed by atoms with E-state index >= 15 is 0 Å². The number of hydrogen-bond acceptors (Lipinski definition) is 2. The van der Waals surface area contributed by atoms with Crippen molar-refractivity contribution in [2.75, 3.05) is 13.2 Å². The van der Waals surface area contributed by atoms with E-state index in [0.29, 0.717) is 13.0 Å². The average molecular weight is 350 g/mol. The van der Waals surface area contributed by atoms with E-state index in [1.54, 1.807) is 0 Å². The lowest BCUT2D eigenvalue weighted by molar-refractivity contribution is -0.120. The Morgan fingerprint density at radius 3 is 2.00 bits per heavy atom. The highest BCUT2D eigenvalue weighted by atomic mass is 16.3. The summed E-state index contributed by atoms with van der Waals surface area (Å²) in [5.41, 5.74) is 0. The van der Waals surface area contributed by atoms with Gasteiger partial charge in [0.25, 0.3) is 0 Å². The lowest BCUT2D eigenvalue weighted by Gasteiger charge is -1.99. The fourth-order valence-corrected chi connectivity index (χ4v) is 2.51. The minimum atomic E-state index is -0.0434. The van der Waals surface area contributed by atoms with E-state index in [4.69, 9.17) is 5.11 Å². The maximum Gasteiger partial charge on any atom is 0.223 e. The van der Waals surface area contributed by atoms with Gasteiger partial charge in [-0.25, -0.2) is 0 Å². The van der Waals surface area contributed by atoms with E-state index in [9.17, 15) is 4.79 Å². The van der Waals surface area contributed by atoms with E-state index in [0.717, 1.165) is 12.8 Å². The Hall–Kier alpha value is -1.35. The van der Waals surface area contributed by atoms with Crippen LogP contribution in [-0.4, -0.2) is 24.2 Å². The molecule has 1 amide bonds. The van der Waals surface area contributed by atoms with Gasteiger partial charge in [0, 0.05) is 13.0 Å². The third-order valence-corrected chi connectivity index (χ3v) is 4.01. The van der Waals surface area contributed by atoms with Crippen molar-refractivity contribution >= 4 is 5.91 Å². The SMILES string of the molecule is CCCCCCCCCC/C=C\C/C=C\C/C=C\CC(=O)NCCO. The standard InChI is InChI=1S/C22H39NO2/c1-2-3-4-5-6-7-8-9-10-11-12-13-14-15-16-17-18-19-22(25)23-20-21-24/h11-12,14-15,17-18,24H,2-10,13,16,19-21H2,1H3,(H,23,25)/b12-11-,15-14-,18-17-. The number of carbonyl (C=O) groups is 1. The van der Waals surface area contributed by atoms with Gasteiger partial charge < -0.3 is 10.4 Å². The van der Waals surface area contributed by atoms with Crippen molar-refractivity contribution < 1.29 is 9.90 Å². The maximum atomic E-state index is 11.3. The molecule has 0 aliphatic rings. The highest BCUT2D eigenvalue weighted by molar-refractivity contribution is 5.77. The first-order valence-corrected chi connectivity index (χ1v) is 10.1. The summed E-state index contributed by atoms with van der Waals surface area (Å²) in [5, 5.41) is 11.2. The van der Waals surface area contributed by atoms with Crippen molar-refractivity contribution in [2.24, 2.45) is 0 Å². The lowest BCUT2D eigenvalue weighted by atomic mass is 10.1. The first-order chi connectivity index (χ1) is 12.3. The summed E-state index contributed by atoms with van der Waals surface area (Å²) in [4.78, 5) is 11.3. The fourth-order valence-electron chi connectivity index (χ4n) is 2.51. The van der Waals surface area contributed by atoms with Crippen molar-refractivity contribution in [1.29, 1.82) is 0 Å². The summed E-state index contributed by atoms with van der Waals surface area (Å²) < 4.78 is 0. The lowest BCUT2D eigenvalue weighted by Crippen LogP contribution is -2.25. The molecule has 3 nitrogen and oxygen atoms in total. The smallest absolute Gasteiger partial charge is 0.223 e. The third-order valence-electron chi connectivity index (χ3n) is 4.01. The Labute approximate surface area is 155 Å². The zero-order chi connectivity index (χ0) is 18.4. The molecule has 0 aliphatic heterocycles. The zero-order valence-electron chi connectivity index (χ0n) is 16.2. The molecule has 0 spiro atoms. The summed E-state index contributed by atoms with van der Waals surface area (Å²) in [7, 11) is 0. The molecule has 0 atom stereocenters. The van der Waals surface area contributed by atoms with Crippen LogP contribution in [0.1, 0.15) is 84.0 Å². The van der Waals surface area contributed by atoms with Crippen LogP contribution in [0.15, 0.2) is 36.5 Å². The number of hydrogen-bond donors (Lipinski definition) is 2. The van der Waals surface area contributed by atoms with Crippen LogP contribution in [-0.2, 0) is 4.79 Å². The highest BCUT2D eigenvalue weighted by Gasteiger charge is 1.94. The van der Waals surface area contributed by atoms with Gasteiger partial charge in [-0.05, 0) is 25.7 Å². The van der Waals surface area contributed by atoms with Gasteiger partial charge in [0.05, 0.1) is 6.61 Å². The number of amides is 1. The minimum Gasteiger partial charge on any atom is -0.395 e. The molecule has 0 aromatic heterocycles. The summed E-state index contributed by atoms with van der Waals surface area (Å²) >= 11 is 0. The molecular weight excluding hydrogens is 310 g/mol. The number of rotatable bonds is 17. The molecule has 0 aliphatic carbocycles. The van der Waals surface area contributed by atoms with Crippen molar-refractivity contribution in [1.82, 2.24) is 5.32 Å². The van der Waals surface area contributed by atoms with Gasteiger partial charge in [-0.2, -0.15) is 0 Å². The van der Waals surface area contributed by atoms with Crippen molar-refractivity contribution in [3.63, 3.8) is 0 Å².